The summed E-state index contributed by atoms with van der Waals surface area (Å²) < 4.78 is 6.44. The molecule has 1 aliphatic heterocycles. The Morgan fingerprint density at radius 2 is 1.07 bits per heavy atom. The predicted octanol–water partition coefficient (Wildman–Crippen LogP) is 15.9. The van der Waals surface area contributed by atoms with Gasteiger partial charge in [-0.1, -0.05) is 164 Å². The molecule has 12 rings (SSSR count). The fourth-order valence-electron chi connectivity index (χ4n) is 9.72. The van der Waals surface area contributed by atoms with Crippen molar-refractivity contribution in [2.45, 2.75) is 12.0 Å². The number of para-hydroxylation sites is 2. The lowest BCUT2D eigenvalue weighted by atomic mass is 9.90. The zero-order chi connectivity index (χ0) is 40.3. The SMILES string of the molecule is C1=CC2c3ccccc3N(c3cccc(-c4ccccc4)c3-c3ccc(N(c4ccc(-c5ccc6ccccc6c5)cc4)c4ccc5c(c4)oc4ccccc45)cc3)C2C=C1. The van der Waals surface area contributed by atoms with E-state index in [9.17, 15) is 0 Å². The van der Waals surface area contributed by atoms with Crippen molar-refractivity contribution >= 4 is 61.1 Å². The first kappa shape index (κ1) is 35.1. The zero-order valence-corrected chi connectivity index (χ0v) is 33.4. The number of furan rings is 1. The van der Waals surface area contributed by atoms with Crippen LogP contribution in [0.2, 0.25) is 0 Å². The highest BCUT2D eigenvalue weighted by Crippen LogP contribution is 2.52. The molecule has 0 N–H and O–H groups in total. The van der Waals surface area contributed by atoms with Gasteiger partial charge in [0.1, 0.15) is 11.2 Å². The van der Waals surface area contributed by atoms with Gasteiger partial charge in [0.2, 0.25) is 0 Å². The number of nitrogens with zero attached hydrogens (tertiary/aromatic N) is 2. The number of anilines is 5. The maximum atomic E-state index is 6.44. The van der Waals surface area contributed by atoms with Crippen molar-refractivity contribution in [1.29, 1.82) is 0 Å². The second-order valence-electron chi connectivity index (χ2n) is 16.1. The molecule has 0 amide bonds. The van der Waals surface area contributed by atoms with Crippen LogP contribution < -0.4 is 9.80 Å². The van der Waals surface area contributed by atoms with Crippen LogP contribution in [0, 0.1) is 0 Å². The molecular weight excluding hydrogens is 741 g/mol. The third kappa shape index (κ3) is 5.97. The zero-order valence-electron chi connectivity index (χ0n) is 33.4. The smallest absolute Gasteiger partial charge is 0.137 e. The van der Waals surface area contributed by atoms with Gasteiger partial charge >= 0.3 is 0 Å². The van der Waals surface area contributed by atoms with E-state index in [1.54, 1.807) is 0 Å². The number of hydrogen-bond donors (Lipinski definition) is 0. The van der Waals surface area contributed by atoms with E-state index in [1.807, 2.05) is 12.1 Å². The molecule has 0 spiro atoms. The molecular formula is C58H40N2O. The molecule has 10 aromatic rings. The van der Waals surface area contributed by atoms with E-state index in [-0.39, 0.29) is 6.04 Å². The van der Waals surface area contributed by atoms with Crippen LogP contribution in [0.5, 0.6) is 0 Å². The van der Waals surface area contributed by atoms with Crippen molar-refractivity contribution < 1.29 is 4.42 Å². The number of allylic oxidation sites excluding steroid dienone is 2. The van der Waals surface area contributed by atoms with Crippen molar-refractivity contribution in [2.75, 3.05) is 9.80 Å². The Labute approximate surface area is 355 Å². The second kappa shape index (κ2) is 14.4. The number of benzene rings is 9. The van der Waals surface area contributed by atoms with Gasteiger partial charge in [-0.05, 0) is 105 Å². The van der Waals surface area contributed by atoms with Crippen molar-refractivity contribution in [3.63, 3.8) is 0 Å². The predicted molar refractivity (Wildman–Crippen MR) is 256 cm³/mol. The minimum Gasteiger partial charge on any atom is -0.456 e. The first-order valence-corrected chi connectivity index (χ1v) is 21.1. The van der Waals surface area contributed by atoms with E-state index in [2.05, 4.69) is 228 Å². The molecule has 288 valence electrons. The molecule has 1 aromatic heterocycles. The summed E-state index contributed by atoms with van der Waals surface area (Å²) in [7, 11) is 0. The average Bonchev–Trinajstić information content (AvgIpc) is 3.87. The summed E-state index contributed by atoms with van der Waals surface area (Å²) in [5, 5.41) is 4.72. The number of hydrogen-bond acceptors (Lipinski definition) is 3. The standard InChI is InChI=1S/C58H40N2O/c1-2-14-41(15-3-1)48-20-12-23-55(60-53-21-9-6-17-49(53)50-18-7-10-22-54(50)60)58(48)42-29-33-46(34-30-42)59(47-35-36-52-51-19-8-11-24-56(51)61-57(52)38-47)45-31-27-40(28-32-45)44-26-25-39-13-4-5-16-43(39)37-44/h1-38,49,53H. The van der Waals surface area contributed by atoms with Crippen LogP contribution in [-0.4, -0.2) is 6.04 Å². The molecule has 2 aliphatic rings. The lowest BCUT2D eigenvalue weighted by molar-refractivity contribution is 0.669. The van der Waals surface area contributed by atoms with Crippen molar-refractivity contribution in [2.24, 2.45) is 0 Å². The van der Waals surface area contributed by atoms with E-state index in [0.29, 0.717) is 5.92 Å². The van der Waals surface area contributed by atoms with Gasteiger partial charge in [-0.3, -0.25) is 0 Å². The molecule has 9 aromatic carbocycles. The van der Waals surface area contributed by atoms with Gasteiger partial charge in [0.25, 0.3) is 0 Å². The molecule has 0 saturated carbocycles. The highest BCUT2D eigenvalue weighted by Gasteiger charge is 2.38. The van der Waals surface area contributed by atoms with Gasteiger partial charge < -0.3 is 14.2 Å². The molecule has 2 unspecified atom stereocenters. The Balaban J connectivity index is 0.996. The molecule has 2 heterocycles. The van der Waals surface area contributed by atoms with Crippen LogP contribution >= 0.6 is 0 Å². The highest BCUT2D eigenvalue weighted by molar-refractivity contribution is 6.06. The van der Waals surface area contributed by atoms with E-state index >= 15 is 0 Å². The fourth-order valence-corrected chi connectivity index (χ4v) is 9.72. The maximum absolute atomic E-state index is 6.44. The summed E-state index contributed by atoms with van der Waals surface area (Å²) in [4.78, 5) is 4.90. The lowest BCUT2D eigenvalue weighted by Gasteiger charge is -2.32. The minimum atomic E-state index is 0.188. The molecule has 3 heteroatoms. The summed E-state index contributed by atoms with van der Waals surface area (Å²) in [6, 6.07) is 74.8. The monoisotopic (exact) mass is 780 g/mol. The van der Waals surface area contributed by atoms with Crippen LogP contribution in [0.25, 0.3) is 66.1 Å². The van der Waals surface area contributed by atoms with E-state index in [1.165, 1.54) is 55.5 Å². The number of rotatable bonds is 7. The fraction of sp³-hybridized carbons (Fsp3) is 0.0345. The van der Waals surface area contributed by atoms with Crippen LogP contribution in [-0.2, 0) is 0 Å². The molecule has 0 radical (unpaired) electrons. The van der Waals surface area contributed by atoms with Crippen molar-refractivity contribution in [3.8, 4) is 33.4 Å². The van der Waals surface area contributed by atoms with Crippen LogP contribution in [0.1, 0.15) is 11.5 Å². The van der Waals surface area contributed by atoms with Gasteiger partial charge in [-0.25, -0.2) is 0 Å². The normalized spacial score (nSPS) is 15.4. The van der Waals surface area contributed by atoms with Crippen molar-refractivity contribution in [3.05, 3.63) is 236 Å². The first-order valence-electron chi connectivity index (χ1n) is 21.1. The minimum absolute atomic E-state index is 0.188. The van der Waals surface area contributed by atoms with Gasteiger partial charge in [0, 0.05) is 51.1 Å². The van der Waals surface area contributed by atoms with Crippen LogP contribution in [0.3, 0.4) is 0 Å². The summed E-state index contributed by atoms with van der Waals surface area (Å²) in [6.45, 7) is 0. The van der Waals surface area contributed by atoms with Crippen LogP contribution in [0.15, 0.2) is 235 Å². The average molecular weight is 781 g/mol. The van der Waals surface area contributed by atoms with Gasteiger partial charge in [-0.15, -0.1) is 0 Å². The lowest BCUT2D eigenvalue weighted by Crippen LogP contribution is -2.29. The quantitative estimate of drug-likeness (QED) is 0.161. The molecule has 3 nitrogen and oxygen atoms in total. The van der Waals surface area contributed by atoms with Gasteiger partial charge in [0.15, 0.2) is 0 Å². The Kier molecular flexibility index (Phi) is 8.31. The maximum Gasteiger partial charge on any atom is 0.137 e. The molecule has 61 heavy (non-hydrogen) atoms. The topological polar surface area (TPSA) is 19.6 Å². The van der Waals surface area contributed by atoms with Crippen LogP contribution in [0.4, 0.5) is 28.4 Å². The Morgan fingerprint density at radius 3 is 1.92 bits per heavy atom. The van der Waals surface area contributed by atoms with Crippen molar-refractivity contribution in [1.82, 2.24) is 0 Å². The molecule has 2 atom stereocenters. The summed E-state index contributed by atoms with van der Waals surface area (Å²) in [5.41, 5.74) is 15.9. The Hall–Kier alpha value is -7.88. The summed E-state index contributed by atoms with van der Waals surface area (Å²) in [5.74, 6) is 0.294. The second-order valence-corrected chi connectivity index (χ2v) is 16.1. The largest absolute Gasteiger partial charge is 0.456 e. The Bertz CT molecular complexity index is 3320. The molecule has 0 fully saturated rings. The third-order valence-corrected chi connectivity index (χ3v) is 12.6. The Morgan fingerprint density at radius 1 is 0.410 bits per heavy atom. The molecule has 1 aliphatic carbocycles. The van der Waals surface area contributed by atoms with Gasteiger partial charge in [0.05, 0.1) is 11.7 Å². The highest BCUT2D eigenvalue weighted by atomic mass is 16.3. The van der Waals surface area contributed by atoms with Gasteiger partial charge in [-0.2, -0.15) is 0 Å². The van der Waals surface area contributed by atoms with E-state index < -0.39 is 0 Å². The summed E-state index contributed by atoms with van der Waals surface area (Å²) in [6.07, 6.45) is 9.09. The van der Waals surface area contributed by atoms with E-state index in [0.717, 1.165) is 44.6 Å². The first-order chi connectivity index (χ1) is 30.2. The molecule has 0 saturated heterocycles. The third-order valence-electron chi connectivity index (χ3n) is 12.6. The van der Waals surface area contributed by atoms with E-state index in [4.69, 9.17) is 4.42 Å². The molecule has 0 bridgehead atoms. The number of fused-ring (bicyclic) bond motifs is 7. The summed E-state index contributed by atoms with van der Waals surface area (Å²) >= 11 is 0.